The molecule has 0 atom stereocenters. The lowest BCUT2D eigenvalue weighted by Crippen LogP contribution is -2.08. The summed E-state index contributed by atoms with van der Waals surface area (Å²) in [7, 11) is 1.87. The van der Waals surface area contributed by atoms with Gasteiger partial charge in [-0.25, -0.2) is 4.79 Å². The Morgan fingerprint density at radius 2 is 1.72 bits per heavy atom. The third kappa shape index (κ3) is 3.94. The second-order valence-electron chi connectivity index (χ2n) is 6.84. The topological polar surface area (TPSA) is 57.0 Å². The monoisotopic (exact) mass is 383 g/mol. The number of pyridine rings is 1. The Labute approximate surface area is 169 Å². The van der Waals surface area contributed by atoms with Crippen LogP contribution < -0.4 is 0 Å². The van der Waals surface area contributed by atoms with E-state index in [0.717, 1.165) is 33.6 Å². The van der Waals surface area contributed by atoms with Gasteiger partial charge in [0.15, 0.2) is 0 Å². The predicted molar refractivity (Wildman–Crippen MR) is 112 cm³/mol. The molecular formula is C24H21N3O2. The van der Waals surface area contributed by atoms with Gasteiger partial charge in [-0.2, -0.15) is 5.10 Å². The van der Waals surface area contributed by atoms with Crippen LogP contribution in [0.15, 0.2) is 79.1 Å². The molecule has 0 aliphatic rings. The van der Waals surface area contributed by atoms with Crippen molar-refractivity contribution in [2.45, 2.75) is 13.5 Å². The lowest BCUT2D eigenvalue weighted by atomic mass is 9.99. The highest BCUT2D eigenvalue weighted by atomic mass is 16.5. The maximum Gasteiger partial charge on any atom is 0.338 e. The molecule has 0 amide bonds. The summed E-state index contributed by atoms with van der Waals surface area (Å²) in [5.41, 5.74) is 6.32. The number of aromatic nitrogens is 3. The number of hydrogen-bond acceptors (Lipinski definition) is 4. The fraction of sp³-hybridized carbons (Fsp3) is 0.125. The SMILES string of the molecule is Cc1cccc(-c2nn(C)c(COC(=O)c3ccccc3)c2-c2ccncc2)c1. The third-order valence-corrected chi connectivity index (χ3v) is 4.78. The zero-order valence-corrected chi connectivity index (χ0v) is 16.4. The van der Waals surface area contributed by atoms with Crippen LogP contribution in [-0.4, -0.2) is 20.7 Å². The zero-order chi connectivity index (χ0) is 20.2. The number of ether oxygens (including phenoxy) is 1. The van der Waals surface area contributed by atoms with Crippen LogP contribution in [0.3, 0.4) is 0 Å². The van der Waals surface area contributed by atoms with Crippen molar-refractivity contribution in [3.05, 3.63) is 95.9 Å². The van der Waals surface area contributed by atoms with Gasteiger partial charge < -0.3 is 4.74 Å². The second-order valence-corrected chi connectivity index (χ2v) is 6.84. The van der Waals surface area contributed by atoms with E-state index in [1.165, 1.54) is 0 Å². The van der Waals surface area contributed by atoms with Crippen molar-refractivity contribution in [3.8, 4) is 22.4 Å². The molecule has 5 heteroatoms. The number of carbonyl (C=O) groups excluding carboxylic acids is 1. The van der Waals surface area contributed by atoms with Crippen molar-refractivity contribution in [1.29, 1.82) is 0 Å². The minimum absolute atomic E-state index is 0.126. The van der Waals surface area contributed by atoms with Gasteiger partial charge in [-0.05, 0) is 42.8 Å². The highest BCUT2D eigenvalue weighted by molar-refractivity contribution is 5.89. The average Bonchev–Trinajstić information content (AvgIpc) is 3.09. The highest BCUT2D eigenvalue weighted by Gasteiger charge is 2.21. The van der Waals surface area contributed by atoms with Crippen LogP contribution in [0, 0.1) is 6.92 Å². The van der Waals surface area contributed by atoms with Gasteiger partial charge in [-0.15, -0.1) is 0 Å². The first-order chi connectivity index (χ1) is 14.1. The predicted octanol–water partition coefficient (Wildman–Crippen LogP) is 4.81. The smallest absolute Gasteiger partial charge is 0.338 e. The van der Waals surface area contributed by atoms with E-state index >= 15 is 0 Å². The minimum Gasteiger partial charge on any atom is -0.456 e. The molecule has 0 radical (unpaired) electrons. The Balaban J connectivity index is 1.74. The van der Waals surface area contributed by atoms with E-state index in [1.807, 2.05) is 49.5 Å². The molecule has 2 aromatic heterocycles. The van der Waals surface area contributed by atoms with Crippen molar-refractivity contribution in [2.24, 2.45) is 7.05 Å². The van der Waals surface area contributed by atoms with Gasteiger partial charge in [0.05, 0.1) is 11.3 Å². The molecule has 0 aliphatic heterocycles. The molecular weight excluding hydrogens is 362 g/mol. The van der Waals surface area contributed by atoms with Crippen molar-refractivity contribution >= 4 is 5.97 Å². The summed E-state index contributed by atoms with van der Waals surface area (Å²) in [5, 5.41) is 4.75. The van der Waals surface area contributed by atoms with Crippen LogP contribution in [0.2, 0.25) is 0 Å². The summed E-state index contributed by atoms with van der Waals surface area (Å²) >= 11 is 0. The van der Waals surface area contributed by atoms with Crippen molar-refractivity contribution in [3.63, 3.8) is 0 Å². The van der Waals surface area contributed by atoms with E-state index in [2.05, 4.69) is 24.0 Å². The first kappa shape index (κ1) is 18.6. The van der Waals surface area contributed by atoms with Gasteiger partial charge in [0.25, 0.3) is 0 Å². The second kappa shape index (κ2) is 8.10. The Hall–Kier alpha value is -3.73. The molecule has 144 valence electrons. The fourth-order valence-electron chi connectivity index (χ4n) is 3.33. The van der Waals surface area contributed by atoms with E-state index in [9.17, 15) is 4.79 Å². The summed E-state index contributed by atoms with van der Waals surface area (Å²) in [6, 6.07) is 21.1. The molecule has 2 heterocycles. The number of benzene rings is 2. The quantitative estimate of drug-likeness (QED) is 0.464. The number of hydrogen-bond donors (Lipinski definition) is 0. The van der Waals surface area contributed by atoms with Crippen LogP contribution >= 0.6 is 0 Å². The van der Waals surface area contributed by atoms with Crippen molar-refractivity contribution in [2.75, 3.05) is 0 Å². The Kier molecular flexibility index (Phi) is 5.20. The first-order valence-electron chi connectivity index (χ1n) is 9.39. The number of carbonyl (C=O) groups is 1. The van der Waals surface area contributed by atoms with Crippen LogP contribution in [0.25, 0.3) is 22.4 Å². The number of esters is 1. The Morgan fingerprint density at radius 1 is 0.966 bits per heavy atom. The minimum atomic E-state index is -0.357. The highest BCUT2D eigenvalue weighted by Crippen LogP contribution is 2.34. The van der Waals surface area contributed by atoms with E-state index in [-0.39, 0.29) is 12.6 Å². The third-order valence-electron chi connectivity index (χ3n) is 4.78. The number of aryl methyl sites for hydroxylation is 2. The molecule has 0 aliphatic carbocycles. The van der Waals surface area contributed by atoms with Gasteiger partial charge in [0.1, 0.15) is 12.3 Å². The van der Waals surface area contributed by atoms with E-state index in [4.69, 9.17) is 9.84 Å². The van der Waals surface area contributed by atoms with Gasteiger partial charge in [0, 0.05) is 30.6 Å². The molecule has 0 unspecified atom stereocenters. The molecule has 5 nitrogen and oxygen atoms in total. The molecule has 0 fully saturated rings. The number of rotatable bonds is 5. The molecule has 4 rings (SSSR count). The Bertz CT molecular complexity index is 1140. The molecule has 29 heavy (non-hydrogen) atoms. The lowest BCUT2D eigenvalue weighted by Gasteiger charge is -2.09. The standard InChI is InChI=1S/C24H21N3O2/c1-17-7-6-10-20(15-17)23-22(18-11-13-25-14-12-18)21(27(2)26-23)16-29-24(28)19-8-4-3-5-9-19/h3-15H,16H2,1-2H3. The molecule has 0 saturated carbocycles. The fourth-order valence-corrected chi connectivity index (χ4v) is 3.33. The largest absolute Gasteiger partial charge is 0.456 e. The van der Waals surface area contributed by atoms with Crippen LogP contribution in [0.4, 0.5) is 0 Å². The molecule has 0 bridgehead atoms. The Morgan fingerprint density at radius 3 is 2.45 bits per heavy atom. The van der Waals surface area contributed by atoms with E-state index in [0.29, 0.717) is 5.56 Å². The molecule has 0 spiro atoms. The van der Waals surface area contributed by atoms with Crippen LogP contribution in [0.5, 0.6) is 0 Å². The summed E-state index contributed by atoms with van der Waals surface area (Å²) in [4.78, 5) is 16.6. The van der Waals surface area contributed by atoms with Gasteiger partial charge in [-0.1, -0.05) is 42.0 Å². The average molecular weight is 383 g/mol. The summed E-state index contributed by atoms with van der Waals surface area (Å²) < 4.78 is 7.40. The van der Waals surface area contributed by atoms with Gasteiger partial charge in [-0.3, -0.25) is 9.67 Å². The molecule has 2 aromatic carbocycles. The summed E-state index contributed by atoms with van der Waals surface area (Å²) in [5.74, 6) is -0.357. The van der Waals surface area contributed by atoms with Crippen LogP contribution in [-0.2, 0) is 18.4 Å². The molecule has 0 N–H and O–H groups in total. The van der Waals surface area contributed by atoms with Crippen LogP contribution in [0.1, 0.15) is 21.6 Å². The van der Waals surface area contributed by atoms with E-state index < -0.39 is 0 Å². The molecule has 4 aromatic rings. The summed E-state index contributed by atoms with van der Waals surface area (Å²) in [6.45, 7) is 2.18. The van der Waals surface area contributed by atoms with E-state index in [1.54, 1.807) is 29.2 Å². The maximum absolute atomic E-state index is 12.4. The first-order valence-corrected chi connectivity index (χ1v) is 9.39. The van der Waals surface area contributed by atoms with Crippen molar-refractivity contribution < 1.29 is 9.53 Å². The molecule has 0 saturated heterocycles. The lowest BCUT2D eigenvalue weighted by molar-refractivity contribution is 0.0464. The van der Waals surface area contributed by atoms with Gasteiger partial charge >= 0.3 is 5.97 Å². The normalized spacial score (nSPS) is 10.7. The number of nitrogens with zero attached hydrogens (tertiary/aromatic N) is 3. The van der Waals surface area contributed by atoms with Crippen molar-refractivity contribution in [1.82, 2.24) is 14.8 Å². The zero-order valence-electron chi connectivity index (χ0n) is 16.4. The van der Waals surface area contributed by atoms with Gasteiger partial charge in [0.2, 0.25) is 0 Å². The summed E-state index contributed by atoms with van der Waals surface area (Å²) in [6.07, 6.45) is 3.50. The maximum atomic E-state index is 12.4.